The average molecular weight is 480 g/mol. The fraction of sp³-hybridized carbons (Fsp3) is 0. The van der Waals surface area contributed by atoms with E-state index in [4.69, 9.17) is 0 Å². The molecule has 1 aliphatic heterocycles. The number of hydrogen-bond donors (Lipinski definition) is 0. The Hall–Kier alpha value is -0.980. The van der Waals surface area contributed by atoms with Crippen LogP contribution in [0.2, 0.25) is 0 Å². The van der Waals surface area contributed by atoms with E-state index >= 15 is 0 Å². The second-order valence-electron chi connectivity index (χ2n) is 4.97. The van der Waals surface area contributed by atoms with Crippen molar-refractivity contribution in [3.05, 3.63) is 74.8 Å². The van der Waals surface area contributed by atoms with Crippen LogP contribution < -0.4 is 4.90 Å². The van der Waals surface area contributed by atoms with E-state index in [-0.39, 0.29) is 0 Å². The quantitative estimate of drug-likeness (QED) is 0.271. The standard InChI is InChI=1S/C18H11BrINS/c19-13-11-12(9-10-14(13)20)21-15-5-1-3-7-17(15)22-18-8-4-2-6-16(18)21/h1-11H. The molecule has 1 aliphatic rings. The van der Waals surface area contributed by atoms with Gasteiger partial charge in [0.25, 0.3) is 0 Å². The van der Waals surface area contributed by atoms with Crippen molar-refractivity contribution in [3.8, 4) is 0 Å². The van der Waals surface area contributed by atoms with Crippen molar-refractivity contribution in [1.82, 2.24) is 0 Å². The summed E-state index contributed by atoms with van der Waals surface area (Å²) in [6.07, 6.45) is 0. The zero-order chi connectivity index (χ0) is 15.1. The third-order valence-electron chi connectivity index (χ3n) is 3.59. The zero-order valence-corrected chi connectivity index (χ0v) is 16.0. The van der Waals surface area contributed by atoms with Crippen LogP contribution in [0.3, 0.4) is 0 Å². The Balaban J connectivity index is 1.96. The highest BCUT2D eigenvalue weighted by Crippen LogP contribution is 2.51. The van der Waals surface area contributed by atoms with Crippen molar-refractivity contribution >= 4 is 67.3 Å². The molecule has 108 valence electrons. The highest BCUT2D eigenvalue weighted by Gasteiger charge is 2.24. The number of rotatable bonds is 1. The lowest BCUT2D eigenvalue weighted by atomic mass is 10.2. The highest BCUT2D eigenvalue weighted by atomic mass is 127. The molecule has 3 aromatic rings. The van der Waals surface area contributed by atoms with Crippen LogP contribution in [0.4, 0.5) is 17.1 Å². The summed E-state index contributed by atoms with van der Waals surface area (Å²) in [7, 11) is 0. The Labute approximate surface area is 156 Å². The molecule has 0 saturated carbocycles. The molecule has 1 nitrogen and oxygen atoms in total. The van der Waals surface area contributed by atoms with E-state index in [0.717, 1.165) is 4.47 Å². The molecule has 0 unspecified atom stereocenters. The van der Waals surface area contributed by atoms with Crippen LogP contribution in [0.15, 0.2) is 81.0 Å². The van der Waals surface area contributed by atoms with Crippen molar-refractivity contribution in [3.63, 3.8) is 0 Å². The molecule has 0 aromatic heterocycles. The summed E-state index contributed by atoms with van der Waals surface area (Å²) in [5.41, 5.74) is 3.64. The second kappa shape index (κ2) is 5.91. The minimum absolute atomic E-state index is 1.12. The van der Waals surface area contributed by atoms with Gasteiger partial charge in [0, 0.05) is 23.5 Å². The van der Waals surface area contributed by atoms with E-state index in [2.05, 4.69) is 110 Å². The Morgan fingerprint density at radius 1 is 0.818 bits per heavy atom. The molecule has 0 bridgehead atoms. The van der Waals surface area contributed by atoms with Crippen LogP contribution in [0, 0.1) is 3.57 Å². The zero-order valence-electron chi connectivity index (χ0n) is 11.5. The van der Waals surface area contributed by atoms with Gasteiger partial charge in [-0.15, -0.1) is 0 Å². The lowest BCUT2D eigenvalue weighted by Crippen LogP contribution is -2.14. The second-order valence-corrected chi connectivity index (χ2v) is 8.07. The Bertz CT molecular complexity index is 820. The predicted octanol–water partition coefficient (Wildman–Crippen LogP) is 6.99. The van der Waals surface area contributed by atoms with Crippen LogP contribution in [0.5, 0.6) is 0 Å². The van der Waals surface area contributed by atoms with Gasteiger partial charge in [-0.1, -0.05) is 36.0 Å². The van der Waals surface area contributed by atoms with Gasteiger partial charge < -0.3 is 4.90 Å². The van der Waals surface area contributed by atoms with E-state index in [0.29, 0.717) is 0 Å². The van der Waals surface area contributed by atoms with Crippen LogP contribution in [-0.4, -0.2) is 0 Å². The molecule has 0 fully saturated rings. The summed E-state index contributed by atoms with van der Waals surface area (Å²) in [6.45, 7) is 0. The van der Waals surface area contributed by atoms with Gasteiger partial charge >= 0.3 is 0 Å². The minimum Gasteiger partial charge on any atom is -0.308 e. The van der Waals surface area contributed by atoms with Gasteiger partial charge in [-0.25, -0.2) is 0 Å². The lowest BCUT2D eigenvalue weighted by Gasteiger charge is -2.33. The maximum Gasteiger partial charge on any atom is 0.0601 e. The van der Waals surface area contributed by atoms with E-state index in [9.17, 15) is 0 Å². The Morgan fingerprint density at radius 2 is 1.41 bits per heavy atom. The summed E-state index contributed by atoms with van der Waals surface area (Å²) in [4.78, 5) is 4.91. The maximum absolute atomic E-state index is 3.65. The van der Waals surface area contributed by atoms with Crippen molar-refractivity contribution in [2.45, 2.75) is 9.79 Å². The van der Waals surface area contributed by atoms with E-state index < -0.39 is 0 Å². The highest BCUT2D eigenvalue weighted by molar-refractivity contribution is 14.1. The third-order valence-corrected chi connectivity index (χ3v) is 7.06. The van der Waals surface area contributed by atoms with Gasteiger partial charge in [0.15, 0.2) is 0 Å². The Morgan fingerprint density at radius 3 is 2.00 bits per heavy atom. The largest absolute Gasteiger partial charge is 0.308 e. The van der Waals surface area contributed by atoms with E-state index in [1.54, 1.807) is 0 Å². The summed E-state index contributed by atoms with van der Waals surface area (Å²) in [5, 5.41) is 0. The molecule has 3 aromatic carbocycles. The smallest absolute Gasteiger partial charge is 0.0601 e. The van der Waals surface area contributed by atoms with Crippen molar-refractivity contribution in [2.24, 2.45) is 0 Å². The summed E-state index contributed by atoms with van der Waals surface area (Å²) >= 11 is 7.83. The monoisotopic (exact) mass is 479 g/mol. The predicted molar refractivity (Wildman–Crippen MR) is 106 cm³/mol. The molecule has 0 atom stereocenters. The fourth-order valence-electron chi connectivity index (χ4n) is 2.61. The van der Waals surface area contributed by atoms with Gasteiger partial charge in [0.05, 0.1) is 11.4 Å². The Kier molecular flexibility index (Phi) is 3.92. The van der Waals surface area contributed by atoms with Crippen LogP contribution in [0.1, 0.15) is 0 Å². The number of para-hydroxylation sites is 2. The first-order valence-corrected chi connectivity index (χ1v) is 9.54. The number of hydrogen-bond acceptors (Lipinski definition) is 2. The topological polar surface area (TPSA) is 3.24 Å². The number of nitrogens with zero attached hydrogens (tertiary/aromatic N) is 1. The lowest BCUT2D eigenvalue weighted by molar-refractivity contribution is 1.16. The third kappa shape index (κ3) is 2.47. The van der Waals surface area contributed by atoms with Crippen LogP contribution >= 0.6 is 50.3 Å². The number of halogens is 2. The maximum atomic E-state index is 3.65. The van der Waals surface area contributed by atoms with E-state index in [1.807, 2.05) is 11.8 Å². The van der Waals surface area contributed by atoms with Gasteiger partial charge in [0.1, 0.15) is 0 Å². The number of anilines is 3. The van der Waals surface area contributed by atoms with Crippen LogP contribution in [-0.2, 0) is 0 Å². The molecule has 0 N–H and O–H groups in total. The minimum atomic E-state index is 1.12. The molecular weight excluding hydrogens is 469 g/mol. The van der Waals surface area contributed by atoms with Gasteiger partial charge in [0.2, 0.25) is 0 Å². The van der Waals surface area contributed by atoms with Crippen molar-refractivity contribution in [1.29, 1.82) is 0 Å². The summed E-state index contributed by atoms with van der Waals surface area (Å²) in [6, 6.07) is 23.6. The number of fused-ring (bicyclic) bond motifs is 2. The average Bonchev–Trinajstić information content (AvgIpc) is 2.55. The molecule has 0 amide bonds. The first kappa shape index (κ1) is 14.6. The van der Waals surface area contributed by atoms with Crippen LogP contribution in [0.25, 0.3) is 0 Å². The van der Waals surface area contributed by atoms with Crippen molar-refractivity contribution in [2.75, 3.05) is 4.90 Å². The molecule has 1 heterocycles. The van der Waals surface area contributed by atoms with Gasteiger partial charge in [-0.2, -0.15) is 0 Å². The molecule has 0 saturated heterocycles. The first-order chi connectivity index (χ1) is 10.7. The molecule has 0 spiro atoms. The van der Waals surface area contributed by atoms with Gasteiger partial charge in [-0.3, -0.25) is 0 Å². The summed E-state index contributed by atoms with van der Waals surface area (Å²) < 4.78 is 2.34. The number of benzene rings is 3. The molecule has 4 heteroatoms. The molecule has 4 rings (SSSR count). The van der Waals surface area contributed by atoms with E-state index in [1.165, 1.54) is 30.4 Å². The SMILES string of the molecule is Brc1cc(N2c3ccccc3Sc3ccccc32)ccc1I. The molecular formula is C18H11BrINS. The molecule has 0 radical (unpaired) electrons. The first-order valence-electron chi connectivity index (χ1n) is 6.85. The normalized spacial score (nSPS) is 12.7. The summed E-state index contributed by atoms with van der Waals surface area (Å²) in [5.74, 6) is 0. The molecule has 0 aliphatic carbocycles. The fourth-order valence-corrected chi connectivity index (χ4v) is 4.37. The van der Waals surface area contributed by atoms with Gasteiger partial charge in [-0.05, 0) is 81.0 Å². The van der Waals surface area contributed by atoms with Crippen molar-refractivity contribution < 1.29 is 0 Å². The molecule has 22 heavy (non-hydrogen) atoms.